The highest BCUT2D eigenvalue weighted by Crippen LogP contribution is 2.06. The van der Waals surface area contributed by atoms with Crippen molar-refractivity contribution in [2.75, 3.05) is 39.3 Å². The van der Waals surface area contributed by atoms with E-state index >= 15 is 0 Å². The summed E-state index contributed by atoms with van der Waals surface area (Å²) in [6.45, 7) is 5.92. The van der Waals surface area contributed by atoms with Gasteiger partial charge in [-0.3, -0.25) is 9.69 Å². The van der Waals surface area contributed by atoms with Gasteiger partial charge in [-0.2, -0.15) is 0 Å². The number of carbonyl (C=O) groups excluding carboxylic acids is 1. The highest BCUT2D eigenvalue weighted by molar-refractivity contribution is 5.77. The van der Waals surface area contributed by atoms with E-state index in [4.69, 9.17) is 4.74 Å². The second-order valence-electron chi connectivity index (χ2n) is 6.25. The van der Waals surface area contributed by atoms with Crippen molar-refractivity contribution >= 4 is 5.91 Å². The molecule has 0 saturated carbocycles. The Bertz CT molecular complexity index is 632. The third-order valence-corrected chi connectivity index (χ3v) is 4.42. The van der Waals surface area contributed by atoms with E-state index in [9.17, 15) is 4.79 Å². The Morgan fingerprint density at radius 2 is 1.80 bits per heavy atom. The van der Waals surface area contributed by atoms with Crippen LogP contribution in [0.1, 0.15) is 12.0 Å². The Morgan fingerprint density at radius 1 is 1.00 bits per heavy atom. The van der Waals surface area contributed by atoms with Gasteiger partial charge in [-0.05, 0) is 18.5 Å². The van der Waals surface area contributed by atoms with Gasteiger partial charge in [0.15, 0.2) is 0 Å². The van der Waals surface area contributed by atoms with Gasteiger partial charge < -0.3 is 14.2 Å². The van der Waals surface area contributed by atoms with Crippen LogP contribution in [-0.4, -0.2) is 69.8 Å². The van der Waals surface area contributed by atoms with Gasteiger partial charge in [-0.15, -0.1) is 10.2 Å². The van der Waals surface area contributed by atoms with Crippen LogP contribution in [0.4, 0.5) is 0 Å². The van der Waals surface area contributed by atoms with Crippen molar-refractivity contribution in [1.29, 1.82) is 0 Å². The number of rotatable bonds is 7. The normalized spacial score (nSPS) is 15.9. The maximum Gasteiger partial charge on any atom is 0.248 e. The maximum absolute atomic E-state index is 12.4. The number of carbonyl (C=O) groups is 1. The van der Waals surface area contributed by atoms with Crippen molar-refractivity contribution in [2.24, 2.45) is 0 Å². The lowest BCUT2D eigenvalue weighted by molar-refractivity contribution is -0.136. The van der Waals surface area contributed by atoms with Gasteiger partial charge in [-0.1, -0.05) is 30.3 Å². The SMILES string of the molecule is O=C(COCc1ccccc1)N1CCCN(CCn2cnnc2)CC1. The van der Waals surface area contributed by atoms with Gasteiger partial charge in [0, 0.05) is 32.7 Å². The summed E-state index contributed by atoms with van der Waals surface area (Å²) in [5, 5.41) is 7.64. The second-order valence-corrected chi connectivity index (χ2v) is 6.25. The van der Waals surface area contributed by atoms with E-state index in [2.05, 4.69) is 15.1 Å². The van der Waals surface area contributed by atoms with Crippen LogP contribution in [0, 0.1) is 0 Å². The Morgan fingerprint density at radius 3 is 2.60 bits per heavy atom. The maximum atomic E-state index is 12.4. The van der Waals surface area contributed by atoms with Crippen molar-refractivity contribution in [1.82, 2.24) is 24.6 Å². The number of ether oxygens (including phenoxy) is 1. The molecule has 1 aliphatic heterocycles. The summed E-state index contributed by atoms with van der Waals surface area (Å²) >= 11 is 0. The molecule has 1 fully saturated rings. The van der Waals surface area contributed by atoms with Gasteiger partial charge in [-0.25, -0.2) is 0 Å². The molecule has 0 atom stereocenters. The van der Waals surface area contributed by atoms with Crippen LogP contribution in [0.5, 0.6) is 0 Å². The van der Waals surface area contributed by atoms with Gasteiger partial charge in [0.1, 0.15) is 19.3 Å². The fourth-order valence-corrected chi connectivity index (χ4v) is 2.96. The molecule has 3 rings (SSSR count). The molecule has 1 aliphatic rings. The number of hydrogen-bond donors (Lipinski definition) is 0. The van der Waals surface area contributed by atoms with Crippen molar-refractivity contribution in [3.63, 3.8) is 0 Å². The van der Waals surface area contributed by atoms with Crippen molar-refractivity contribution in [3.8, 4) is 0 Å². The molecule has 25 heavy (non-hydrogen) atoms. The monoisotopic (exact) mass is 343 g/mol. The number of hydrogen-bond acceptors (Lipinski definition) is 5. The number of aromatic nitrogens is 3. The van der Waals surface area contributed by atoms with Crippen molar-refractivity contribution in [2.45, 2.75) is 19.6 Å². The van der Waals surface area contributed by atoms with Gasteiger partial charge >= 0.3 is 0 Å². The predicted molar refractivity (Wildman–Crippen MR) is 93.8 cm³/mol. The number of amides is 1. The van der Waals surface area contributed by atoms with E-state index in [-0.39, 0.29) is 12.5 Å². The minimum Gasteiger partial charge on any atom is -0.367 e. The van der Waals surface area contributed by atoms with Crippen LogP contribution in [0.2, 0.25) is 0 Å². The Kier molecular flexibility index (Phi) is 6.53. The van der Waals surface area contributed by atoms with Crippen LogP contribution in [-0.2, 0) is 22.7 Å². The van der Waals surface area contributed by atoms with E-state index in [1.807, 2.05) is 39.8 Å². The molecule has 1 aromatic heterocycles. The second kappa shape index (κ2) is 9.29. The summed E-state index contributed by atoms with van der Waals surface area (Å²) in [5.74, 6) is 0.0802. The molecule has 7 nitrogen and oxygen atoms in total. The summed E-state index contributed by atoms with van der Waals surface area (Å²) in [4.78, 5) is 16.7. The minimum absolute atomic E-state index is 0.0802. The predicted octanol–water partition coefficient (Wildman–Crippen LogP) is 1.03. The molecule has 1 saturated heterocycles. The number of nitrogens with zero attached hydrogens (tertiary/aromatic N) is 5. The van der Waals surface area contributed by atoms with E-state index in [0.717, 1.165) is 51.3 Å². The lowest BCUT2D eigenvalue weighted by Crippen LogP contribution is -2.37. The zero-order chi connectivity index (χ0) is 17.3. The first kappa shape index (κ1) is 17.6. The summed E-state index contributed by atoms with van der Waals surface area (Å²) < 4.78 is 7.55. The lowest BCUT2D eigenvalue weighted by Gasteiger charge is -2.22. The van der Waals surface area contributed by atoms with Crippen LogP contribution in [0.25, 0.3) is 0 Å². The van der Waals surface area contributed by atoms with E-state index in [1.165, 1.54) is 0 Å². The van der Waals surface area contributed by atoms with Gasteiger partial charge in [0.05, 0.1) is 6.61 Å². The van der Waals surface area contributed by atoms with Gasteiger partial charge in [0.2, 0.25) is 5.91 Å². The molecule has 134 valence electrons. The first-order chi connectivity index (χ1) is 12.3. The van der Waals surface area contributed by atoms with Crippen LogP contribution >= 0.6 is 0 Å². The Hall–Kier alpha value is -2.25. The smallest absolute Gasteiger partial charge is 0.248 e. The molecule has 0 radical (unpaired) electrons. The molecule has 1 amide bonds. The average molecular weight is 343 g/mol. The Balaban J connectivity index is 1.37. The van der Waals surface area contributed by atoms with E-state index in [0.29, 0.717) is 6.61 Å². The van der Waals surface area contributed by atoms with Crippen LogP contribution in [0.3, 0.4) is 0 Å². The first-order valence-corrected chi connectivity index (χ1v) is 8.75. The van der Waals surface area contributed by atoms with Gasteiger partial charge in [0.25, 0.3) is 0 Å². The quantitative estimate of drug-likeness (QED) is 0.751. The zero-order valence-corrected chi connectivity index (χ0v) is 14.5. The summed E-state index contributed by atoms with van der Waals surface area (Å²) in [7, 11) is 0. The first-order valence-electron chi connectivity index (χ1n) is 8.75. The molecule has 0 aliphatic carbocycles. The molecule has 0 unspecified atom stereocenters. The summed E-state index contributed by atoms with van der Waals surface area (Å²) in [6.07, 6.45) is 4.46. The topological polar surface area (TPSA) is 63.5 Å². The molecule has 1 aromatic carbocycles. The molecule has 0 spiro atoms. The number of benzene rings is 1. The molecule has 0 N–H and O–H groups in total. The third kappa shape index (κ3) is 5.65. The largest absolute Gasteiger partial charge is 0.367 e. The minimum atomic E-state index is 0.0802. The highest BCUT2D eigenvalue weighted by atomic mass is 16.5. The van der Waals surface area contributed by atoms with Crippen LogP contribution in [0.15, 0.2) is 43.0 Å². The van der Waals surface area contributed by atoms with E-state index in [1.54, 1.807) is 12.7 Å². The van der Waals surface area contributed by atoms with Crippen molar-refractivity contribution < 1.29 is 9.53 Å². The molecular weight excluding hydrogens is 318 g/mol. The summed E-state index contributed by atoms with van der Waals surface area (Å²) in [5.41, 5.74) is 1.09. The lowest BCUT2D eigenvalue weighted by atomic mass is 10.2. The fraction of sp³-hybridized carbons (Fsp3) is 0.500. The molecular formula is C18H25N5O2. The molecule has 2 heterocycles. The Labute approximate surface area is 148 Å². The molecule has 0 bridgehead atoms. The molecule has 7 heteroatoms. The zero-order valence-electron chi connectivity index (χ0n) is 14.5. The highest BCUT2D eigenvalue weighted by Gasteiger charge is 2.19. The summed E-state index contributed by atoms with van der Waals surface area (Å²) in [6, 6.07) is 9.93. The molecule has 2 aromatic rings. The fourth-order valence-electron chi connectivity index (χ4n) is 2.96. The standard InChI is InChI=1S/C18H25N5O2/c24-18(14-25-13-17-5-2-1-3-6-17)23-8-4-7-21(11-12-23)9-10-22-15-19-20-16-22/h1-3,5-6,15-16H,4,7-14H2. The van der Waals surface area contributed by atoms with E-state index < -0.39 is 0 Å². The van der Waals surface area contributed by atoms with Crippen LogP contribution < -0.4 is 0 Å². The third-order valence-electron chi connectivity index (χ3n) is 4.42. The average Bonchev–Trinajstić information content (AvgIpc) is 3.05. The van der Waals surface area contributed by atoms with Crippen molar-refractivity contribution in [3.05, 3.63) is 48.5 Å².